The van der Waals surface area contributed by atoms with Gasteiger partial charge in [-0.1, -0.05) is 29.8 Å². The molecule has 0 unspecified atom stereocenters. The van der Waals surface area contributed by atoms with E-state index in [1.54, 1.807) is 5.57 Å². The van der Waals surface area contributed by atoms with Crippen molar-refractivity contribution in [3.63, 3.8) is 0 Å². The fourth-order valence-electron chi connectivity index (χ4n) is 3.54. The molecule has 0 aliphatic heterocycles. The molecule has 1 aliphatic rings. The summed E-state index contributed by atoms with van der Waals surface area (Å²) < 4.78 is 0. The number of allylic oxidation sites excluding steroid dienone is 1. The second-order valence-electron chi connectivity index (χ2n) is 6.40. The highest BCUT2D eigenvalue weighted by molar-refractivity contribution is 5.83. The monoisotopic (exact) mass is 320 g/mol. The van der Waals surface area contributed by atoms with Gasteiger partial charge in [0.05, 0.1) is 0 Å². The Hall–Kier alpha value is -2.22. The lowest BCUT2D eigenvalue weighted by Crippen LogP contribution is -1.98. The Morgan fingerprint density at radius 1 is 0.708 bits per heavy atom. The van der Waals surface area contributed by atoms with Crippen molar-refractivity contribution in [2.75, 3.05) is 23.7 Å². The maximum Gasteiger partial charge on any atom is 0.0340 e. The van der Waals surface area contributed by atoms with Crippen LogP contribution in [0.5, 0.6) is 0 Å². The third-order valence-corrected chi connectivity index (χ3v) is 4.67. The number of benzene rings is 2. The first-order valence-electron chi connectivity index (χ1n) is 9.22. The van der Waals surface area contributed by atoms with Crippen LogP contribution in [-0.2, 0) is 0 Å². The average Bonchev–Trinajstić information content (AvgIpc) is 3.13. The van der Waals surface area contributed by atoms with Crippen LogP contribution < -0.4 is 10.6 Å². The molecule has 0 atom stereocenters. The summed E-state index contributed by atoms with van der Waals surface area (Å²) in [5, 5.41) is 6.76. The highest BCUT2D eigenvalue weighted by Gasteiger charge is 2.16. The lowest BCUT2D eigenvalue weighted by atomic mass is 9.92. The van der Waals surface area contributed by atoms with Crippen LogP contribution in [0.3, 0.4) is 0 Å². The fraction of sp³-hybridized carbons (Fsp3) is 0.364. The summed E-state index contributed by atoms with van der Waals surface area (Å²) in [5.74, 6) is 0. The van der Waals surface area contributed by atoms with E-state index in [4.69, 9.17) is 0 Å². The zero-order chi connectivity index (χ0) is 16.8. The quantitative estimate of drug-likeness (QED) is 0.689. The Kier molecular flexibility index (Phi) is 5.58. The van der Waals surface area contributed by atoms with Crippen LogP contribution in [0.2, 0.25) is 0 Å². The minimum Gasteiger partial charge on any atom is -0.385 e. The standard InChI is InChI=1S/C22H28N2/c1-3-23-20-13-9-18(10-14-20)22(17-7-5-6-8-17)19-11-15-21(16-12-19)24-4-2/h9-16,23-24H,3-8H2,1-2H3. The SMILES string of the molecule is CCNc1ccc(C(=C2CCCC2)c2ccc(NCC)cc2)cc1. The van der Waals surface area contributed by atoms with E-state index in [1.807, 2.05) is 0 Å². The van der Waals surface area contributed by atoms with E-state index in [9.17, 15) is 0 Å². The van der Waals surface area contributed by atoms with E-state index in [0.717, 1.165) is 13.1 Å². The van der Waals surface area contributed by atoms with Gasteiger partial charge in [-0.2, -0.15) is 0 Å². The Morgan fingerprint density at radius 2 is 1.12 bits per heavy atom. The number of hydrogen-bond acceptors (Lipinski definition) is 2. The van der Waals surface area contributed by atoms with Crippen LogP contribution in [-0.4, -0.2) is 13.1 Å². The summed E-state index contributed by atoms with van der Waals surface area (Å²) in [6.07, 6.45) is 5.12. The molecule has 0 radical (unpaired) electrons. The predicted octanol–water partition coefficient (Wildman–Crippen LogP) is 5.93. The van der Waals surface area contributed by atoms with Crippen molar-refractivity contribution in [1.82, 2.24) is 0 Å². The molecular formula is C22H28N2. The van der Waals surface area contributed by atoms with E-state index >= 15 is 0 Å². The maximum absolute atomic E-state index is 3.38. The highest BCUT2D eigenvalue weighted by Crippen LogP contribution is 2.36. The van der Waals surface area contributed by atoms with Crippen LogP contribution in [0.4, 0.5) is 11.4 Å². The van der Waals surface area contributed by atoms with Gasteiger partial charge in [0, 0.05) is 24.5 Å². The van der Waals surface area contributed by atoms with Crippen LogP contribution in [0, 0.1) is 0 Å². The van der Waals surface area contributed by atoms with Gasteiger partial charge < -0.3 is 10.6 Å². The van der Waals surface area contributed by atoms with Crippen molar-refractivity contribution in [3.05, 3.63) is 65.2 Å². The van der Waals surface area contributed by atoms with Crippen molar-refractivity contribution >= 4 is 16.9 Å². The summed E-state index contributed by atoms with van der Waals surface area (Å²) in [6.45, 7) is 6.18. The van der Waals surface area contributed by atoms with Crippen molar-refractivity contribution in [3.8, 4) is 0 Å². The summed E-state index contributed by atoms with van der Waals surface area (Å²) in [7, 11) is 0. The summed E-state index contributed by atoms with van der Waals surface area (Å²) in [6, 6.07) is 17.8. The molecule has 126 valence electrons. The Morgan fingerprint density at radius 3 is 1.50 bits per heavy atom. The van der Waals surface area contributed by atoms with E-state index < -0.39 is 0 Å². The Balaban J connectivity index is 1.96. The topological polar surface area (TPSA) is 24.1 Å². The molecule has 1 aliphatic carbocycles. The Bertz CT molecular complexity index is 621. The highest BCUT2D eigenvalue weighted by atomic mass is 14.9. The number of hydrogen-bond donors (Lipinski definition) is 2. The zero-order valence-electron chi connectivity index (χ0n) is 14.9. The molecule has 2 aromatic carbocycles. The van der Waals surface area contributed by atoms with Gasteiger partial charge in [-0.15, -0.1) is 0 Å². The van der Waals surface area contributed by atoms with Crippen molar-refractivity contribution < 1.29 is 0 Å². The molecule has 0 bridgehead atoms. The molecule has 0 aromatic heterocycles. The van der Waals surface area contributed by atoms with Crippen LogP contribution in [0.25, 0.3) is 5.57 Å². The van der Waals surface area contributed by atoms with E-state index in [-0.39, 0.29) is 0 Å². The first kappa shape index (κ1) is 16.6. The van der Waals surface area contributed by atoms with Gasteiger partial charge >= 0.3 is 0 Å². The first-order chi connectivity index (χ1) is 11.8. The predicted molar refractivity (Wildman–Crippen MR) is 106 cm³/mol. The van der Waals surface area contributed by atoms with Gasteiger partial charge in [0.15, 0.2) is 0 Å². The maximum atomic E-state index is 3.38. The largest absolute Gasteiger partial charge is 0.385 e. The van der Waals surface area contributed by atoms with Crippen LogP contribution in [0.1, 0.15) is 50.7 Å². The first-order valence-corrected chi connectivity index (χ1v) is 9.22. The zero-order valence-corrected chi connectivity index (χ0v) is 14.9. The minimum atomic E-state index is 0.958. The van der Waals surface area contributed by atoms with Gasteiger partial charge in [-0.05, 0) is 80.5 Å². The molecule has 2 nitrogen and oxygen atoms in total. The van der Waals surface area contributed by atoms with Gasteiger partial charge in [0.25, 0.3) is 0 Å². The van der Waals surface area contributed by atoms with E-state index in [2.05, 4.69) is 73.0 Å². The summed E-state index contributed by atoms with van der Waals surface area (Å²) >= 11 is 0. The van der Waals surface area contributed by atoms with Crippen molar-refractivity contribution in [1.29, 1.82) is 0 Å². The third kappa shape index (κ3) is 3.81. The van der Waals surface area contributed by atoms with Gasteiger partial charge in [-0.25, -0.2) is 0 Å². The third-order valence-electron chi connectivity index (χ3n) is 4.67. The molecule has 3 rings (SSSR count). The molecule has 0 amide bonds. The number of rotatable bonds is 6. The number of nitrogens with one attached hydrogen (secondary N) is 2. The molecular weight excluding hydrogens is 292 g/mol. The second kappa shape index (κ2) is 8.05. The number of anilines is 2. The molecule has 0 heterocycles. The average molecular weight is 320 g/mol. The molecule has 0 saturated heterocycles. The molecule has 1 saturated carbocycles. The minimum absolute atomic E-state index is 0.958. The summed E-state index contributed by atoms with van der Waals surface area (Å²) in [5.41, 5.74) is 8.12. The smallest absolute Gasteiger partial charge is 0.0340 e. The van der Waals surface area contributed by atoms with Gasteiger partial charge in [-0.3, -0.25) is 0 Å². The lowest BCUT2D eigenvalue weighted by molar-refractivity contribution is 0.886. The van der Waals surface area contributed by atoms with Crippen LogP contribution >= 0.6 is 0 Å². The molecule has 0 spiro atoms. The van der Waals surface area contributed by atoms with Gasteiger partial charge in [0.2, 0.25) is 0 Å². The van der Waals surface area contributed by atoms with Gasteiger partial charge in [0.1, 0.15) is 0 Å². The lowest BCUT2D eigenvalue weighted by Gasteiger charge is -2.15. The molecule has 2 heteroatoms. The van der Waals surface area contributed by atoms with Crippen LogP contribution in [0.15, 0.2) is 54.1 Å². The van der Waals surface area contributed by atoms with Crippen molar-refractivity contribution in [2.24, 2.45) is 0 Å². The van der Waals surface area contributed by atoms with E-state index in [0.29, 0.717) is 0 Å². The molecule has 1 fully saturated rings. The molecule has 2 aromatic rings. The van der Waals surface area contributed by atoms with Crippen molar-refractivity contribution in [2.45, 2.75) is 39.5 Å². The van der Waals surface area contributed by atoms with E-state index in [1.165, 1.54) is 53.8 Å². The molecule has 2 N–H and O–H groups in total. The Labute approximate surface area is 146 Å². The summed E-state index contributed by atoms with van der Waals surface area (Å²) in [4.78, 5) is 0. The molecule has 24 heavy (non-hydrogen) atoms. The second-order valence-corrected chi connectivity index (χ2v) is 6.40. The fourth-order valence-corrected chi connectivity index (χ4v) is 3.54. The normalized spacial score (nSPS) is 13.8.